The number of anilines is 1. The van der Waals surface area contributed by atoms with Gasteiger partial charge in [0.25, 0.3) is 11.8 Å². The van der Waals surface area contributed by atoms with Crippen LogP contribution < -0.4 is 11.1 Å². The van der Waals surface area contributed by atoms with Gasteiger partial charge in [-0.3, -0.25) is 19.2 Å². The number of Topliss-reactive ketones (excluding diaryl/α,β-unsaturated/α-hetero) is 1. The van der Waals surface area contributed by atoms with Crippen molar-refractivity contribution >= 4 is 39.9 Å². The number of primary amides is 1. The molecule has 0 saturated carbocycles. The van der Waals surface area contributed by atoms with Crippen LogP contribution in [0, 0.1) is 0 Å². The van der Waals surface area contributed by atoms with Gasteiger partial charge >= 0.3 is 5.97 Å². The minimum atomic E-state index is -1.08. The molecule has 1 heterocycles. The maximum atomic E-state index is 12.2. The molecule has 0 aliphatic heterocycles. The van der Waals surface area contributed by atoms with Crippen LogP contribution in [0.1, 0.15) is 59.4 Å². The molecule has 2 rings (SSSR count). The molecule has 0 radical (unpaired) electrons. The number of nitrogens with two attached hydrogens (primary N) is 1. The Labute approximate surface area is 173 Å². The predicted molar refractivity (Wildman–Crippen MR) is 111 cm³/mol. The first-order valence-electron chi connectivity index (χ1n) is 9.31. The first-order chi connectivity index (χ1) is 13.8. The highest BCUT2D eigenvalue weighted by atomic mass is 32.1. The Hall–Kier alpha value is -3.00. The van der Waals surface area contributed by atoms with Crippen molar-refractivity contribution in [3.05, 3.63) is 52.4 Å². The van der Waals surface area contributed by atoms with Gasteiger partial charge in [-0.2, -0.15) is 0 Å². The third-order valence-corrected chi connectivity index (χ3v) is 5.05. The van der Waals surface area contributed by atoms with E-state index in [0.29, 0.717) is 10.6 Å². The summed E-state index contributed by atoms with van der Waals surface area (Å²) in [7, 11) is 0. The van der Waals surface area contributed by atoms with Crippen LogP contribution in [0.4, 0.5) is 5.00 Å². The summed E-state index contributed by atoms with van der Waals surface area (Å²) in [5, 5.41) is 4.43. The fraction of sp³-hybridized carbons (Fsp3) is 0.333. The van der Waals surface area contributed by atoms with Crippen LogP contribution in [0.15, 0.2) is 35.7 Å². The van der Waals surface area contributed by atoms with Gasteiger partial charge in [-0.15, -0.1) is 11.3 Å². The first-order valence-corrected chi connectivity index (χ1v) is 10.2. The summed E-state index contributed by atoms with van der Waals surface area (Å²) in [6.45, 7) is 3.50. The van der Waals surface area contributed by atoms with Crippen molar-refractivity contribution in [3.8, 4) is 0 Å². The zero-order valence-corrected chi connectivity index (χ0v) is 17.2. The van der Waals surface area contributed by atoms with Gasteiger partial charge in [0.1, 0.15) is 5.00 Å². The van der Waals surface area contributed by atoms with Gasteiger partial charge in [0, 0.05) is 12.0 Å². The van der Waals surface area contributed by atoms with Crippen LogP contribution in [0.25, 0.3) is 0 Å². The number of ketones is 1. The van der Waals surface area contributed by atoms with E-state index in [0.717, 1.165) is 29.7 Å². The van der Waals surface area contributed by atoms with Gasteiger partial charge in [-0.1, -0.05) is 37.6 Å². The number of hydrogen-bond donors (Lipinski definition) is 2. The van der Waals surface area contributed by atoms with E-state index in [-0.39, 0.29) is 24.2 Å². The van der Waals surface area contributed by atoms with Crippen molar-refractivity contribution in [1.82, 2.24) is 0 Å². The molecule has 2 aromatic rings. The molecule has 3 N–H and O–H groups in total. The van der Waals surface area contributed by atoms with Crippen LogP contribution in [-0.4, -0.2) is 29.7 Å². The zero-order chi connectivity index (χ0) is 21.4. The van der Waals surface area contributed by atoms with Crippen molar-refractivity contribution in [2.45, 2.75) is 45.6 Å². The van der Waals surface area contributed by atoms with Crippen LogP contribution in [0.3, 0.4) is 0 Å². The molecule has 1 atom stereocenters. The summed E-state index contributed by atoms with van der Waals surface area (Å²) in [4.78, 5) is 47.7. The Morgan fingerprint density at radius 3 is 2.41 bits per heavy atom. The fourth-order valence-electron chi connectivity index (χ4n) is 2.63. The monoisotopic (exact) mass is 416 g/mol. The number of rotatable bonds is 10. The average molecular weight is 416 g/mol. The van der Waals surface area contributed by atoms with Crippen LogP contribution in [0.5, 0.6) is 0 Å². The van der Waals surface area contributed by atoms with Crippen LogP contribution in [-0.2, 0) is 20.7 Å². The lowest BCUT2D eigenvalue weighted by Crippen LogP contribution is -2.30. The van der Waals surface area contributed by atoms with E-state index in [2.05, 4.69) is 12.2 Å². The molecule has 0 aliphatic carbocycles. The minimum Gasteiger partial charge on any atom is -0.453 e. The molecule has 0 bridgehead atoms. The Bertz CT molecular complexity index is 889. The largest absolute Gasteiger partial charge is 0.453 e. The minimum absolute atomic E-state index is 0.00293. The van der Waals surface area contributed by atoms with E-state index in [1.807, 2.05) is 12.1 Å². The summed E-state index contributed by atoms with van der Waals surface area (Å²) in [6, 6.07) is 8.83. The summed E-state index contributed by atoms with van der Waals surface area (Å²) in [5.41, 5.74) is 7.12. The van der Waals surface area contributed by atoms with E-state index in [4.69, 9.17) is 10.5 Å². The molecule has 7 nitrogen and oxygen atoms in total. The average Bonchev–Trinajstić information content (AvgIpc) is 3.15. The predicted octanol–water partition coefficient (Wildman–Crippen LogP) is 3.33. The normalized spacial score (nSPS) is 11.5. The van der Waals surface area contributed by atoms with Gasteiger partial charge in [0.15, 0.2) is 11.9 Å². The Kier molecular flexibility index (Phi) is 8.09. The highest BCUT2D eigenvalue weighted by Crippen LogP contribution is 2.23. The summed E-state index contributed by atoms with van der Waals surface area (Å²) >= 11 is 1.14. The van der Waals surface area contributed by atoms with Crippen molar-refractivity contribution in [2.75, 3.05) is 5.32 Å². The number of esters is 1. The SMILES string of the molecule is CCCc1ccc(C(=O)CCC(=O)O[C@H](C)C(=O)Nc2sccc2C(N)=O)cc1. The van der Waals surface area contributed by atoms with Crippen molar-refractivity contribution in [3.63, 3.8) is 0 Å². The number of amides is 2. The molecule has 2 amide bonds. The van der Waals surface area contributed by atoms with Crippen molar-refractivity contribution in [1.29, 1.82) is 0 Å². The van der Waals surface area contributed by atoms with E-state index >= 15 is 0 Å². The number of aryl methyl sites for hydroxylation is 1. The quantitative estimate of drug-likeness (QED) is 0.455. The zero-order valence-electron chi connectivity index (χ0n) is 16.4. The molecule has 8 heteroatoms. The standard InChI is InChI=1S/C21H24N2O5S/c1-3-4-14-5-7-15(8-6-14)17(24)9-10-18(25)28-13(2)20(27)23-21-16(19(22)26)11-12-29-21/h5-8,11-13H,3-4,9-10H2,1-2H3,(H2,22,26)(H,23,27)/t13-/m1/s1. The molecule has 1 aromatic carbocycles. The number of benzene rings is 1. The first kappa shape index (κ1) is 22.3. The molecule has 154 valence electrons. The molecule has 0 saturated heterocycles. The molecular weight excluding hydrogens is 392 g/mol. The number of hydrogen-bond acceptors (Lipinski definition) is 6. The Morgan fingerprint density at radius 1 is 1.10 bits per heavy atom. The summed E-state index contributed by atoms with van der Waals surface area (Å²) < 4.78 is 5.08. The van der Waals surface area contributed by atoms with E-state index in [1.165, 1.54) is 13.0 Å². The molecule has 29 heavy (non-hydrogen) atoms. The molecule has 0 unspecified atom stereocenters. The maximum Gasteiger partial charge on any atom is 0.307 e. The Morgan fingerprint density at radius 2 is 1.79 bits per heavy atom. The number of thiophene rings is 1. The number of nitrogens with one attached hydrogen (secondary N) is 1. The van der Waals surface area contributed by atoms with E-state index in [1.54, 1.807) is 17.5 Å². The smallest absolute Gasteiger partial charge is 0.307 e. The summed E-state index contributed by atoms with van der Waals surface area (Å²) in [6.07, 6.45) is 0.776. The van der Waals surface area contributed by atoms with Crippen LogP contribution in [0.2, 0.25) is 0 Å². The van der Waals surface area contributed by atoms with Gasteiger partial charge in [-0.25, -0.2) is 0 Å². The second kappa shape index (κ2) is 10.5. The van der Waals surface area contributed by atoms with Gasteiger partial charge in [0.2, 0.25) is 0 Å². The molecule has 0 spiro atoms. The van der Waals surface area contributed by atoms with Crippen LogP contribution >= 0.6 is 11.3 Å². The highest BCUT2D eigenvalue weighted by molar-refractivity contribution is 7.14. The topological polar surface area (TPSA) is 116 Å². The Balaban J connectivity index is 1.81. The van der Waals surface area contributed by atoms with Crippen molar-refractivity contribution < 1.29 is 23.9 Å². The van der Waals surface area contributed by atoms with Crippen molar-refractivity contribution in [2.24, 2.45) is 5.73 Å². The van der Waals surface area contributed by atoms with Gasteiger partial charge < -0.3 is 15.8 Å². The van der Waals surface area contributed by atoms with Gasteiger partial charge in [0.05, 0.1) is 12.0 Å². The third kappa shape index (κ3) is 6.53. The number of ether oxygens (including phenoxy) is 1. The molecule has 0 fully saturated rings. The molecule has 1 aromatic heterocycles. The fourth-order valence-corrected chi connectivity index (χ4v) is 3.42. The third-order valence-electron chi connectivity index (χ3n) is 4.22. The highest BCUT2D eigenvalue weighted by Gasteiger charge is 2.21. The lowest BCUT2D eigenvalue weighted by Gasteiger charge is -2.13. The maximum absolute atomic E-state index is 12.2. The lowest BCUT2D eigenvalue weighted by molar-refractivity contribution is -0.153. The second-order valence-electron chi connectivity index (χ2n) is 6.52. The molecular formula is C21H24N2O5S. The van der Waals surface area contributed by atoms with E-state index in [9.17, 15) is 19.2 Å². The number of carbonyl (C=O) groups is 4. The lowest BCUT2D eigenvalue weighted by atomic mass is 10.0. The van der Waals surface area contributed by atoms with E-state index < -0.39 is 23.9 Å². The summed E-state index contributed by atoms with van der Waals surface area (Å²) in [5.74, 6) is -2.05. The second-order valence-corrected chi connectivity index (χ2v) is 7.44. The molecule has 0 aliphatic rings. The van der Waals surface area contributed by atoms with Gasteiger partial charge in [-0.05, 0) is 30.4 Å². The number of carbonyl (C=O) groups excluding carboxylic acids is 4.